The van der Waals surface area contributed by atoms with Gasteiger partial charge < -0.3 is 4.74 Å². The molecule has 19 heavy (non-hydrogen) atoms. The molecule has 0 aliphatic carbocycles. The van der Waals surface area contributed by atoms with Crippen LogP contribution in [-0.2, 0) is 0 Å². The van der Waals surface area contributed by atoms with Gasteiger partial charge in [-0.25, -0.2) is 9.37 Å². The molecule has 0 saturated heterocycles. The number of para-hydroxylation sites is 1. The van der Waals surface area contributed by atoms with Crippen LogP contribution in [0.15, 0.2) is 59.1 Å². The van der Waals surface area contributed by atoms with Gasteiger partial charge in [0, 0.05) is 17.5 Å². The van der Waals surface area contributed by atoms with Crippen LogP contribution >= 0.6 is 15.9 Å². The molecule has 0 amide bonds. The van der Waals surface area contributed by atoms with Gasteiger partial charge >= 0.3 is 0 Å². The van der Waals surface area contributed by atoms with Gasteiger partial charge in [-0.3, -0.25) is 0 Å². The second kappa shape index (κ2) is 4.97. The maximum atomic E-state index is 13.4. The molecule has 0 bridgehead atoms. The average molecular weight is 318 g/mol. The van der Waals surface area contributed by atoms with Crippen molar-refractivity contribution in [1.29, 1.82) is 0 Å². The van der Waals surface area contributed by atoms with Crippen molar-refractivity contribution in [3.8, 4) is 11.6 Å². The van der Waals surface area contributed by atoms with Gasteiger partial charge in [-0.2, -0.15) is 0 Å². The zero-order chi connectivity index (χ0) is 13.2. The fourth-order valence-electron chi connectivity index (χ4n) is 1.77. The quantitative estimate of drug-likeness (QED) is 0.668. The van der Waals surface area contributed by atoms with E-state index in [1.54, 1.807) is 18.2 Å². The molecule has 1 heterocycles. The van der Waals surface area contributed by atoms with Gasteiger partial charge in [-0.15, -0.1) is 0 Å². The van der Waals surface area contributed by atoms with Gasteiger partial charge in [-0.1, -0.05) is 18.2 Å². The molecule has 0 N–H and O–H groups in total. The number of benzene rings is 2. The number of pyridine rings is 1. The predicted octanol–water partition coefficient (Wildman–Crippen LogP) is 4.93. The van der Waals surface area contributed by atoms with Crippen LogP contribution < -0.4 is 4.74 Å². The summed E-state index contributed by atoms with van der Waals surface area (Å²) in [5, 5.41) is 1.04. The number of hydrogen-bond acceptors (Lipinski definition) is 2. The lowest BCUT2D eigenvalue weighted by atomic mass is 10.2. The van der Waals surface area contributed by atoms with Crippen molar-refractivity contribution < 1.29 is 9.13 Å². The normalized spacial score (nSPS) is 10.6. The van der Waals surface area contributed by atoms with E-state index in [1.807, 2.05) is 30.3 Å². The second-order valence-electron chi connectivity index (χ2n) is 4.02. The standard InChI is InChI=1S/C15H9BrFNO/c16-12-7-6-11(9-13(12)17)19-15-8-5-10-3-1-2-4-14(10)18-15/h1-9H. The molecule has 2 nitrogen and oxygen atoms in total. The first-order valence-corrected chi connectivity index (χ1v) is 6.50. The summed E-state index contributed by atoms with van der Waals surface area (Å²) in [4.78, 5) is 4.37. The third kappa shape index (κ3) is 2.58. The van der Waals surface area contributed by atoms with Crippen molar-refractivity contribution in [2.24, 2.45) is 0 Å². The first-order valence-electron chi connectivity index (χ1n) is 5.71. The maximum absolute atomic E-state index is 13.4. The minimum absolute atomic E-state index is 0.363. The van der Waals surface area contributed by atoms with Crippen molar-refractivity contribution in [2.75, 3.05) is 0 Å². The first kappa shape index (κ1) is 12.1. The highest BCUT2D eigenvalue weighted by Gasteiger charge is 2.04. The van der Waals surface area contributed by atoms with Gasteiger partial charge in [0.25, 0.3) is 0 Å². The fourth-order valence-corrected chi connectivity index (χ4v) is 2.01. The summed E-state index contributed by atoms with van der Waals surface area (Å²) in [6.07, 6.45) is 0. The van der Waals surface area contributed by atoms with E-state index in [1.165, 1.54) is 6.07 Å². The molecule has 0 aliphatic rings. The van der Waals surface area contributed by atoms with Crippen LogP contribution in [0.1, 0.15) is 0 Å². The molecule has 3 aromatic rings. The van der Waals surface area contributed by atoms with Crippen LogP contribution in [0.5, 0.6) is 11.6 Å². The molecule has 0 aliphatic heterocycles. The van der Waals surface area contributed by atoms with E-state index in [0.717, 1.165) is 10.9 Å². The summed E-state index contributed by atoms with van der Waals surface area (Å²) in [6, 6.07) is 16.1. The van der Waals surface area contributed by atoms with Gasteiger partial charge in [0.15, 0.2) is 0 Å². The summed E-state index contributed by atoms with van der Waals surface area (Å²) in [7, 11) is 0. The summed E-state index contributed by atoms with van der Waals surface area (Å²) in [5.74, 6) is 0.502. The summed E-state index contributed by atoms with van der Waals surface area (Å²) >= 11 is 3.10. The first-order chi connectivity index (χ1) is 9.22. The number of rotatable bonds is 2. The molecule has 0 saturated carbocycles. The van der Waals surface area contributed by atoms with Crippen molar-refractivity contribution in [3.63, 3.8) is 0 Å². The lowest BCUT2D eigenvalue weighted by molar-refractivity contribution is 0.459. The molecular weight excluding hydrogens is 309 g/mol. The Balaban J connectivity index is 1.94. The Morgan fingerprint density at radius 3 is 2.68 bits per heavy atom. The van der Waals surface area contributed by atoms with Gasteiger partial charge in [-0.05, 0) is 40.2 Å². The van der Waals surface area contributed by atoms with E-state index >= 15 is 0 Å². The molecule has 0 unspecified atom stereocenters. The van der Waals surface area contributed by atoms with Gasteiger partial charge in [0.2, 0.25) is 5.88 Å². The van der Waals surface area contributed by atoms with Crippen LogP contribution in [0.2, 0.25) is 0 Å². The Hall–Kier alpha value is -1.94. The minimum atomic E-state index is -0.363. The second-order valence-corrected chi connectivity index (χ2v) is 4.87. The van der Waals surface area contributed by atoms with E-state index in [2.05, 4.69) is 20.9 Å². The number of fused-ring (bicyclic) bond motifs is 1. The Bertz CT molecular complexity index is 745. The summed E-state index contributed by atoms with van der Waals surface area (Å²) in [6.45, 7) is 0. The van der Waals surface area contributed by atoms with Gasteiger partial charge in [0.05, 0.1) is 9.99 Å². The highest BCUT2D eigenvalue weighted by atomic mass is 79.9. The molecule has 0 atom stereocenters. The maximum Gasteiger partial charge on any atom is 0.219 e. The van der Waals surface area contributed by atoms with Crippen molar-refractivity contribution in [1.82, 2.24) is 4.98 Å². The van der Waals surface area contributed by atoms with E-state index in [9.17, 15) is 4.39 Å². The van der Waals surface area contributed by atoms with Crippen LogP contribution in [0, 0.1) is 5.82 Å². The number of ether oxygens (including phenoxy) is 1. The third-order valence-corrected chi connectivity index (χ3v) is 3.33. The highest BCUT2D eigenvalue weighted by molar-refractivity contribution is 9.10. The molecule has 2 aromatic carbocycles. The third-order valence-electron chi connectivity index (χ3n) is 2.69. The molecule has 4 heteroatoms. The van der Waals surface area contributed by atoms with E-state index in [-0.39, 0.29) is 5.82 Å². The largest absolute Gasteiger partial charge is 0.439 e. The number of aromatic nitrogens is 1. The van der Waals surface area contributed by atoms with Crippen molar-refractivity contribution in [2.45, 2.75) is 0 Å². The lowest BCUT2D eigenvalue weighted by Crippen LogP contribution is -1.89. The molecule has 94 valence electrons. The number of nitrogens with zero attached hydrogens (tertiary/aromatic N) is 1. The zero-order valence-electron chi connectivity index (χ0n) is 9.81. The molecule has 3 rings (SSSR count). The topological polar surface area (TPSA) is 22.1 Å². The molecule has 0 radical (unpaired) electrons. The minimum Gasteiger partial charge on any atom is -0.439 e. The van der Waals surface area contributed by atoms with Crippen LogP contribution in [0.25, 0.3) is 10.9 Å². The molecular formula is C15H9BrFNO. The molecule has 0 spiro atoms. The Kier molecular flexibility index (Phi) is 3.17. The number of hydrogen-bond donors (Lipinski definition) is 0. The lowest BCUT2D eigenvalue weighted by Gasteiger charge is -2.06. The fraction of sp³-hybridized carbons (Fsp3) is 0. The Morgan fingerprint density at radius 2 is 1.84 bits per heavy atom. The number of halogens is 2. The molecule has 0 fully saturated rings. The van der Waals surface area contributed by atoms with Crippen molar-refractivity contribution >= 4 is 26.8 Å². The average Bonchev–Trinajstić information content (AvgIpc) is 2.43. The highest BCUT2D eigenvalue weighted by Crippen LogP contribution is 2.25. The van der Waals surface area contributed by atoms with E-state index in [0.29, 0.717) is 16.1 Å². The SMILES string of the molecule is Fc1cc(Oc2ccc3ccccc3n2)ccc1Br. The summed E-state index contributed by atoms with van der Waals surface area (Å²) in [5.41, 5.74) is 0.845. The van der Waals surface area contributed by atoms with Crippen LogP contribution in [0.4, 0.5) is 4.39 Å². The molecule has 1 aromatic heterocycles. The van der Waals surface area contributed by atoms with Crippen LogP contribution in [-0.4, -0.2) is 4.98 Å². The van der Waals surface area contributed by atoms with E-state index in [4.69, 9.17) is 4.74 Å². The van der Waals surface area contributed by atoms with Gasteiger partial charge in [0.1, 0.15) is 11.6 Å². The predicted molar refractivity (Wildman–Crippen MR) is 75.9 cm³/mol. The smallest absolute Gasteiger partial charge is 0.219 e. The Morgan fingerprint density at radius 1 is 1.00 bits per heavy atom. The summed E-state index contributed by atoms with van der Waals surface area (Å²) < 4.78 is 19.3. The zero-order valence-corrected chi connectivity index (χ0v) is 11.4. The van der Waals surface area contributed by atoms with Crippen LogP contribution in [0.3, 0.4) is 0 Å². The van der Waals surface area contributed by atoms with E-state index < -0.39 is 0 Å². The monoisotopic (exact) mass is 317 g/mol. The Labute approximate surface area is 118 Å². The van der Waals surface area contributed by atoms with Crippen molar-refractivity contribution in [3.05, 3.63) is 64.9 Å².